The average molecular weight is 602 g/mol. The number of rotatable bonds is 3. The molecule has 0 spiro atoms. The Bertz CT molecular complexity index is 2660. The van der Waals surface area contributed by atoms with Crippen molar-refractivity contribution in [3.8, 4) is 39.1 Å². The minimum atomic E-state index is 1.18. The van der Waals surface area contributed by atoms with Crippen LogP contribution in [0.5, 0.6) is 0 Å². The van der Waals surface area contributed by atoms with Gasteiger partial charge in [-0.05, 0) is 86.6 Å². The molecule has 0 saturated carbocycles. The van der Waals surface area contributed by atoms with Crippen molar-refractivity contribution in [3.05, 3.63) is 164 Å². The topological polar surface area (TPSA) is 4.93 Å². The van der Waals surface area contributed by atoms with Gasteiger partial charge in [0, 0.05) is 37.0 Å². The van der Waals surface area contributed by atoms with Gasteiger partial charge in [-0.1, -0.05) is 133 Å². The summed E-state index contributed by atoms with van der Waals surface area (Å²) in [6.07, 6.45) is 0. The fourth-order valence-corrected chi connectivity index (χ4v) is 8.65. The highest BCUT2D eigenvalue weighted by Gasteiger charge is 2.20. The predicted octanol–water partition coefficient (Wildman–Crippen LogP) is 12.6. The van der Waals surface area contributed by atoms with Crippen LogP contribution in [-0.4, -0.2) is 4.57 Å². The molecular formula is C44H27NS. The van der Waals surface area contributed by atoms with Crippen LogP contribution in [0.2, 0.25) is 0 Å². The Morgan fingerprint density at radius 3 is 1.96 bits per heavy atom. The lowest BCUT2D eigenvalue weighted by atomic mass is 9.90. The summed E-state index contributed by atoms with van der Waals surface area (Å²) in [6, 6.07) is 60.2. The van der Waals surface area contributed by atoms with Crippen LogP contribution in [-0.2, 0) is 0 Å². The van der Waals surface area contributed by atoms with E-state index in [0.717, 1.165) is 0 Å². The monoisotopic (exact) mass is 601 g/mol. The molecule has 1 nitrogen and oxygen atoms in total. The Morgan fingerprint density at radius 1 is 0.391 bits per heavy atom. The summed E-state index contributed by atoms with van der Waals surface area (Å²) in [4.78, 5) is 2.65. The van der Waals surface area contributed by atoms with Crippen molar-refractivity contribution in [1.29, 1.82) is 0 Å². The van der Waals surface area contributed by atoms with Gasteiger partial charge < -0.3 is 4.57 Å². The van der Waals surface area contributed by atoms with Gasteiger partial charge in [-0.2, -0.15) is 0 Å². The normalized spacial score (nSPS) is 12.3. The molecule has 46 heavy (non-hydrogen) atoms. The first-order valence-electron chi connectivity index (χ1n) is 15.8. The van der Waals surface area contributed by atoms with Gasteiger partial charge in [-0.3, -0.25) is 0 Å². The highest BCUT2D eigenvalue weighted by atomic mass is 32.2. The highest BCUT2D eigenvalue weighted by molar-refractivity contribution is 7.99. The van der Waals surface area contributed by atoms with Crippen molar-refractivity contribution < 1.29 is 0 Å². The number of para-hydroxylation sites is 2. The van der Waals surface area contributed by atoms with Crippen molar-refractivity contribution in [2.75, 3.05) is 0 Å². The molecule has 2 heteroatoms. The SMILES string of the molecule is c1ccc(-n2c3ccccc3c3ccc4cc(-c5ccccc5-c5ccc6c(c5)-c5cccc7cccc(c57)S6)ccc4c32)cc1. The van der Waals surface area contributed by atoms with Gasteiger partial charge in [0.25, 0.3) is 0 Å². The zero-order chi connectivity index (χ0) is 30.2. The molecular weight excluding hydrogens is 575 g/mol. The van der Waals surface area contributed by atoms with E-state index < -0.39 is 0 Å². The van der Waals surface area contributed by atoms with Crippen LogP contribution in [0, 0.1) is 0 Å². The van der Waals surface area contributed by atoms with Crippen LogP contribution in [0.4, 0.5) is 0 Å². The van der Waals surface area contributed by atoms with Gasteiger partial charge in [-0.25, -0.2) is 0 Å². The second-order valence-corrected chi connectivity index (χ2v) is 13.2. The third-order valence-electron chi connectivity index (χ3n) is 9.57. The first-order valence-corrected chi connectivity index (χ1v) is 16.6. The average Bonchev–Trinajstić information content (AvgIpc) is 3.47. The number of aromatic nitrogens is 1. The van der Waals surface area contributed by atoms with E-state index in [9.17, 15) is 0 Å². The van der Waals surface area contributed by atoms with Crippen molar-refractivity contribution >= 4 is 55.1 Å². The van der Waals surface area contributed by atoms with Crippen LogP contribution in [0.1, 0.15) is 0 Å². The lowest BCUT2D eigenvalue weighted by molar-refractivity contribution is 1.19. The van der Waals surface area contributed by atoms with Crippen LogP contribution in [0.15, 0.2) is 174 Å². The molecule has 1 aromatic heterocycles. The Labute approximate surface area is 271 Å². The smallest absolute Gasteiger partial charge is 0.0619 e. The van der Waals surface area contributed by atoms with Crippen LogP contribution >= 0.6 is 11.8 Å². The Morgan fingerprint density at radius 2 is 1.09 bits per heavy atom. The first-order chi connectivity index (χ1) is 22.8. The molecule has 0 saturated heterocycles. The van der Waals surface area contributed by atoms with Crippen molar-refractivity contribution in [3.63, 3.8) is 0 Å². The molecule has 0 amide bonds. The third-order valence-corrected chi connectivity index (χ3v) is 10.7. The molecule has 214 valence electrons. The van der Waals surface area contributed by atoms with E-state index in [-0.39, 0.29) is 0 Å². The lowest BCUT2D eigenvalue weighted by Crippen LogP contribution is -1.94. The second-order valence-electron chi connectivity index (χ2n) is 12.1. The molecule has 0 fully saturated rings. The van der Waals surface area contributed by atoms with E-state index in [1.54, 1.807) is 0 Å². The standard InChI is InChI=1S/C44H27NS/c1-2-12-32(13-3-1)45-40-18-7-6-16-36(40)38-24-21-30-26-29(20-23-35(30)44(38)45)33-14-4-5-15-34(33)31-22-25-41-39(27-31)37-17-8-10-28-11-9-19-42(46-41)43(28)37/h1-27H. The van der Waals surface area contributed by atoms with Gasteiger partial charge in [0.1, 0.15) is 0 Å². The molecule has 10 rings (SSSR count). The Balaban J connectivity index is 1.15. The van der Waals surface area contributed by atoms with Crippen LogP contribution < -0.4 is 0 Å². The Hall–Kier alpha value is -5.57. The van der Waals surface area contributed by atoms with E-state index in [4.69, 9.17) is 0 Å². The maximum atomic E-state index is 2.42. The van der Waals surface area contributed by atoms with Crippen LogP contribution in [0.25, 0.3) is 82.4 Å². The molecule has 0 atom stereocenters. The molecule has 9 aromatic rings. The van der Waals surface area contributed by atoms with E-state index in [0.29, 0.717) is 0 Å². The zero-order valence-electron chi connectivity index (χ0n) is 24.9. The molecule has 0 aliphatic carbocycles. The Kier molecular flexibility index (Phi) is 5.58. The summed E-state index contributed by atoms with van der Waals surface area (Å²) in [5, 5.41) is 7.73. The predicted molar refractivity (Wildman–Crippen MR) is 196 cm³/mol. The number of hydrogen-bond acceptors (Lipinski definition) is 1. The minimum Gasteiger partial charge on any atom is -0.309 e. The fourth-order valence-electron chi connectivity index (χ4n) is 7.52. The molecule has 0 N–H and O–H groups in total. The minimum absolute atomic E-state index is 1.18. The molecule has 0 unspecified atom stereocenters. The number of hydrogen-bond donors (Lipinski definition) is 0. The number of nitrogens with zero attached hydrogens (tertiary/aromatic N) is 1. The fraction of sp³-hybridized carbons (Fsp3) is 0. The van der Waals surface area contributed by atoms with E-state index in [1.165, 1.54) is 92.2 Å². The number of benzene rings is 8. The van der Waals surface area contributed by atoms with Crippen molar-refractivity contribution in [2.45, 2.75) is 9.79 Å². The molecule has 2 heterocycles. The summed E-state index contributed by atoms with van der Waals surface area (Å²) >= 11 is 1.88. The van der Waals surface area contributed by atoms with Gasteiger partial charge in [0.15, 0.2) is 0 Å². The second kappa shape index (κ2) is 9.97. The number of fused-ring (bicyclic) bond motifs is 7. The van der Waals surface area contributed by atoms with E-state index >= 15 is 0 Å². The van der Waals surface area contributed by atoms with Gasteiger partial charge in [0.05, 0.1) is 11.0 Å². The van der Waals surface area contributed by atoms with E-state index in [2.05, 4.69) is 168 Å². The summed E-state index contributed by atoms with van der Waals surface area (Å²) in [7, 11) is 0. The quantitative estimate of drug-likeness (QED) is 0.195. The molecule has 8 aromatic carbocycles. The maximum absolute atomic E-state index is 2.42. The van der Waals surface area contributed by atoms with Crippen LogP contribution in [0.3, 0.4) is 0 Å². The molecule has 1 aliphatic rings. The molecule has 1 aliphatic heterocycles. The van der Waals surface area contributed by atoms with Gasteiger partial charge in [-0.15, -0.1) is 0 Å². The van der Waals surface area contributed by atoms with Gasteiger partial charge in [0.2, 0.25) is 0 Å². The summed E-state index contributed by atoms with van der Waals surface area (Å²) in [5.74, 6) is 0. The first kappa shape index (κ1) is 25.7. The van der Waals surface area contributed by atoms with Gasteiger partial charge >= 0.3 is 0 Å². The maximum Gasteiger partial charge on any atom is 0.0619 e. The summed E-state index contributed by atoms with van der Waals surface area (Å²) in [6.45, 7) is 0. The third kappa shape index (κ3) is 3.77. The zero-order valence-corrected chi connectivity index (χ0v) is 25.8. The highest BCUT2D eigenvalue weighted by Crippen LogP contribution is 2.49. The van der Waals surface area contributed by atoms with Crippen molar-refractivity contribution in [1.82, 2.24) is 4.57 Å². The summed E-state index contributed by atoms with van der Waals surface area (Å²) < 4.78 is 2.42. The molecule has 0 radical (unpaired) electrons. The lowest BCUT2D eigenvalue weighted by Gasteiger charge is -2.21. The summed E-state index contributed by atoms with van der Waals surface area (Å²) in [5.41, 5.74) is 11.3. The molecule has 0 bridgehead atoms. The van der Waals surface area contributed by atoms with E-state index in [1.807, 2.05) is 11.8 Å². The van der Waals surface area contributed by atoms with Crippen molar-refractivity contribution in [2.24, 2.45) is 0 Å². The largest absolute Gasteiger partial charge is 0.309 e.